The van der Waals surface area contributed by atoms with E-state index in [0.717, 1.165) is 25.9 Å². The number of rotatable bonds is 5. The van der Waals surface area contributed by atoms with Crippen molar-refractivity contribution in [3.63, 3.8) is 0 Å². The summed E-state index contributed by atoms with van der Waals surface area (Å²) in [6.45, 7) is 3.50. The SMILES string of the molecule is CCCS(=O)(=O)CC(=O)NC1CCCNC1. The molecule has 1 unspecified atom stereocenters. The van der Waals surface area contributed by atoms with Gasteiger partial charge in [-0.2, -0.15) is 0 Å². The van der Waals surface area contributed by atoms with E-state index in [1.165, 1.54) is 0 Å². The molecule has 0 aromatic rings. The molecule has 0 bridgehead atoms. The molecular weight excluding hydrogens is 228 g/mol. The van der Waals surface area contributed by atoms with Gasteiger partial charge in [0, 0.05) is 12.6 Å². The molecule has 16 heavy (non-hydrogen) atoms. The fourth-order valence-corrected chi connectivity index (χ4v) is 3.08. The van der Waals surface area contributed by atoms with Crippen LogP contribution in [0.2, 0.25) is 0 Å². The molecule has 0 aliphatic carbocycles. The van der Waals surface area contributed by atoms with E-state index < -0.39 is 9.84 Å². The van der Waals surface area contributed by atoms with Gasteiger partial charge in [-0.25, -0.2) is 8.42 Å². The van der Waals surface area contributed by atoms with Gasteiger partial charge in [0.2, 0.25) is 5.91 Å². The van der Waals surface area contributed by atoms with Crippen LogP contribution in [0, 0.1) is 0 Å². The van der Waals surface area contributed by atoms with Crippen molar-refractivity contribution >= 4 is 15.7 Å². The van der Waals surface area contributed by atoms with Gasteiger partial charge >= 0.3 is 0 Å². The molecule has 1 rings (SSSR count). The molecule has 0 spiro atoms. The number of sulfone groups is 1. The summed E-state index contributed by atoms with van der Waals surface area (Å²) < 4.78 is 22.8. The van der Waals surface area contributed by atoms with E-state index in [1.54, 1.807) is 6.92 Å². The Morgan fingerprint density at radius 2 is 2.25 bits per heavy atom. The first-order valence-corrected chi connectivity index (χ1v) is 7.56. The van der Waals surface area contributed by atoms with Crippen molar-refractivity contribution in [1.82, 2.24) is 10.6 Å². The number of nitrogens with one attached hydrogen (secondary N) is 2. The maximum Gasteiger partial charge on any atom is 0.235 e. The van der Waals surface area contributed by atoms with Crippen LogP contribution in [0.5, 0.6) is 0 Å². The molecule has 1 amide bonds. The van der Waals surface area contributed by atoms with Crippen LogP contribution >= 0.6 is 0 Å². The summed E-state index contributed by atoms with van der Waals surface area (Å²) in [5, 5.41) is 5.92. The molecule has 1 aliphatic rings. The first kappa shape index (κ1) is 13.4. The molecule has 6 heteroatoms. The Morgan fingerprint density at radius 1 is 1.50 bits per heavy atom. The highest BCUT2D eigenvalue weighted by atomic mass is 32.2. The zero-order valence-corrected chi connectivity index (χ0v) is 10.5. The molecule has 0 saturated carbocycles. The monoisotopic (exact) mass is 248 g/mol. The van der Waals surface area contributed by atoms with Crippen LogP contribution in [0.4, 0.5) is 0 Å². The molecule has 2 N–H and O–H groups in total. The third-order valence-electron chi connectivity index (χ3n) is 2.53. The lowest BCUT2D eigenvalue weighted by Gasteiger charge is -2.23. The van der Waals surface area contributed by atoms with Crippen molar-refractivity contribution < 1.29 is 13.2 Å². The van der Waals surface area contributed by atoms with E-state index in [0.29, 0.717) is 6.42 Å². The zero-order chi connectivity index (χ0) is 12.0. The second kappa shape index (κ2) is 6.20. The highest BCUT2D eigenvalue weighted by molar-refractivity contribution is 7.92. The maximum atomic E-state index is 11.5. The first-order valence-electron chi connectivity index (χ1n) is 5.74. The van der Waals surface area contributed by atoms with Crippen molar-refractivity contribution in [2.45, 2.75) is 32.2 Å². The van der Waals surface area contributed by atoms with Crippen LogP contribution < -0.4 is 10.6 Å². The Balaban J connectivity index is 2.34. The largest absolute Gasteiger partial charge is 0.351 e. The average Bonchev–Trinajstić information content (AvgIpc) is 2.17. The highest BCUT2D eigenvalue weighted by Crippen LogP contribution is 2.01. The second-order valence-corrected chi connectivity index (χ2v) is 6.39. The van der Waals surface area contributed by atoms with Crippen molar-refractivity contribution in [2.75, 3.05) is 24.6 Å². The van der Waals surface area contributed by atoms with Gasteiger partial charge in [0.05, 0.1) is 5.75 Å². The molecule has 1 fully saturated rings. The lowest BCUT2D eigenvalue weighted by molar-refractivity contribution is -0.119. The lowest BCUT2D eigenvalue weighted by Crippen LogP contribution is -2.47. The molecule has 1 heterocycles. The number of carbonyl (C=O) groups excluding carboxylic acids is 1. The quantitative estimate of drug-likeness (QED) is 0.699. The van der Waals surface area contributed by atoms with E-state index in [1.807, 2.05) is 0 Å². The van der Waals surface area contributed by atoms with Crippen LogP contribution in [0.3, 0.4) is 0 Å². The minimum absolute atomic E-state index is 0.0816. The van der Waals surface area contributed by atoms with Crippen molar-refractivity contribution in [2.24, 2.45) is 0 Å². The molecule has 1 aliphatic heterocycles. The Labute approximate surface area is 96.9 Å². The summed E-state index contributed by atoms with van der Waals surface area (Å²) in [4.78, 5) is 11.5. The van der Waals surface area contributed by atoms with Gasteiger partial charge < -0.3 is 10.6 Å². The summed E-state index contributed by atoms with van der Waals surface area (Å²) >= 11 is 0. The molecule has 94 valence electrons. The summed E-state index contributed by atoms with van der Waals surface area (Å²) in [5.74, 6) is -0.664. The molecular formula is C10H20N2O3S. The first-order chi connectivity index (χ1) is 7.53. The van der Waals surface area contributed by atoms with Gasteiger partial charge in [0.25, 0.3) is 0 Å². The minimum Gasteiger partial charge on any atom is -0.351 e. The number of amides is 1. The van der Waals surface area contributed by atoms with Gasteiger partial charge in [-0.3, -0.25) is 4.79 Å². The van der Waals surface area contributed by atoms with Crippen LogP contribution in [0.1, 0.15) is 26.2 Å². The summed E-state index contributed by atoms with van der Waals surface area (Å²) in [6, 6.07) is 0.0816. The molecule has 0 radical (unpaired) electrons. The zero-order valence-electron chi connectivity index (χ0n) is 9.66. The van der Waals surface area contributed by atoms with Gasteiger partial charge in [-0.1, -0.05) is 6.92 Å². The van der Waals surface area contributed by atoms with Crippen LogP contribution in [-0.2, 0) is 14.6 Å². The molecule has 5 nitrogen and oxygen atoms in total. The van der Waals surface area contributed by atoms with Gasteiger partial charge in [0.15, 0.2) is 9.84 Å². The van der Waals surface area contributed by atoms with E-state index in [4.69, 9.17) is 0 Å². The summed E-state index contributed by atoms with van der Waals surface area (Å²) in [7, 11) is -3.21. The lowest BCUT2D eigenvalue weighted by atomic mass is 10.1. The van der Waals surface area contributed by atoms with Crippen LogP contribution in [0.15, 0.2) is 0 Å². The van der Waals surface area contributed by atoms with Crippen molar-refractivity contribution in [1.29, 1.82) is 0 Å². The summed E-state index contributed by atoms with van der Waals surface area (Å²) in [5.41, 5.74) is 0. The number of hydrogen-bond donors (Lipinski definition) is 2. The fraction of sp³-hybridized carbons (Fsp3) is 0.900. The highest BCUT2D eigenvalue weighted by Gasteiger charge is 2.19. The number of carbonyl (C=O) groups is 1. The normalized spacial score (nSPS) is 21.7. The maximum absolute atomic E-state index is 11.5. The van der Waals surface area contributed by atoms with Gasteiger partial charge in [-0.05, 0) is 25.8 Å². The topological polar surface area (TPSA) is 75.3 Å². The van der Waals surface area contributed by atoms with Gasteiger partial charge in [0.1, 0.15) is 5.75 Å². The Hall–Kier alpha value is -0.620. The van der Waals surface area contributed by atoms with Crippen molar-refractivity contribution in [3.05, 3.63) is 0 Å². The third-order valence-corrected chi connectivity index (χ3v) is 4.26. The predicted molar refractivity (Wildman–Crippen MR) is 63.0 cm³/mol. The average molecular weight is 248 g/mol. The Kier molecular flexibility index (Phi) is 5.21. The Bertz CT molecular complexity index is 321. The third kappa shape index (κ3) is 4.94. The molecule has 1 atom stereocenters. The summed E-state index contributed by atoms with van der Waals surface area (Å²) in [6.07, 6.45) is 2.50. The van der Waals surface area contributed by atoms with Crippen molar-refractivity contribution in [3.8, 4) is 0 Å². The second-order valence-electron chi connectivity index (χ2n) is 4.20. The van der Waals surface area contributed by atoms with Gasteiger partial charge in [-0.15, -0.1) is 0 Å². The molecule has 1 saturated heterocycles. The van der Waals surface area contributed by atoms with E-state index in [2.05, 4.69) is 10.6 Å². The fourth-order valence-electron chi connectivity index (χ4n) is 1.83. The predicted octanol–water partition coefficient (Wildman–Crippen LogP) is -0.321. The van der Waals surface area contributed by atoms with E-state index >= 15 is 0 Å². The smallest absolute Gasteiger partial charge is 0.235 e. The standard InChI is InChI=1S/C10H20N2O3S/c1-2-6-16(14,15)8-10(13)12-9-4-3-5-11-7-9/h9,11H,2-8H2,1H3,(H,12,13). The van der Waals surface area contributed by atoms with E-state index in [9.17, 15) is 13.2 Å². The molecule has 0 aromatic heterocycles. The van der Waals surface area contributed by atoms with E-state index in [-0.39, 0.29) is 23.5 Å². The minimum atomic E-state index is -3.21. The molecule has 0 aromatic carbocycles. The Morgan fingerprint density at radius 3 is 2.81 bits per heavy atom. The van der Waals surface area contributed by atoms with Crippen LogP contribution in [-0.4, -0.2) is 45.0 Å². The number of hydrogen-bond acceptors (Lipinski definition) is 4. The van der Waals surface area contributed by atoms with Crippen LogP contribution in [0.25, 0.3) is 0 Å². The number of piperidine rings is 1.